The molecule has 1 unspecified atom stereocenters. The van der Waals surface area contributed by atoms with Crippen LogP contribution in [0.5, 0.6) is 0 Å². The molecule has 0 aromatic carbocycles. The van der Waals surface area contributed by atoms with E-state index in [4.69, 9.17) is 16.3 Å². The number of alkyl halides is 1. The molecule has 1 saturated heterocycles. The van der Waals surface area contributed by atoms with Crippen molar-refractivity contribution in [2.24, 2.45) is 5.92 Å². The van der Waals surface area contributed by atoms with Gasteiger partial charge in [0.1, 0.15) is 0 Å². The molecule has 1 heterocycles. The highest BCUT2D eigenvalue weighted by Gasteiger charge is 2.17. The van der Waals surface area contributed by atoms with Crippen LogP contribution in [-0.4, -0.2) is 18.6 Å². The fourth-order valence-electron chi connectivity index (χ4n) is 1.34. The number of halogens is 1. The lowest BCUT2D eigenvalue weighted by atomic mass is 10.0. The van der Waals surface area contributed by atoms with Gasteiger partial charge in [0.25, 0.3) is 0 Å². The summed E-state index contributed by atoms with van der Waals surface area (Å²) in [6.07, 6.45) is 4.12. The summed E-state index contributed by atoms with van der Waals surface area (Å²) in [7, 11) is 0. The quantitative estimate of drug-likeness (QED) is 0.580. The molecule has 60 valence electrons. The summed E-state index contributed by atoms with van der Waals surface area (Å²) in [5, 5.41) is 0. The number of hydrogen-bond donors (Lipinski definition) is 0. The molecule has 0 radical (unpaired) electrons. The third-order valence-electron chi connectivity index (χ3n) is 1.95. The first-order valence-electron chi connectivity index (χ1n) is 4.00. The van der Waals surface area contributed by atoms with Gasteiger partial charge in [-0.05, 0) is 25.2 Å². The minimum Gasteiger partial charge on any atom is -0.378 e. The Morgan fingerprint density at radius 3 is 3.00 bits per heavy atom. The molecular weight excluding hydrogens is 148 g/mol. The van der Waals surface area contributed by atoms with E-state index in [-0.39, 0.29) is 0 Å². The van der Waals surface area contributed by atoms with Gasteiger partial charge in [0, 0.05) is 12.5 Å². The van der Waals surface area contributed by atoms with E-state index in [0.717, 1.165) is 18.9 Å². The van der Waals surface area contributed by atoms with Gasteiger partial charge in [-0.3, -0.25) is 0 Å². The van der Waals surface area contributed by atoms with Crippen LogP contribution in [0, 0.1) is 5.92 Å². The molecule has 0 amide bonds. The van der Waals surface area contributed by atoms with E-state index in [1.165, 1.54) is 12.8 Å². The van der Waals surface area contributed by atoms with Crippen LogP contribution in [0.3, 0.4) is 0 Å². The topological polar surface area (TPSA) is 9.23 Å². The molecule has 2 atom stereocenters. The lowest BCUT2D eigenvalue weighted by molar-refractivity contribution is 0.0943. The summed E-state index contributed by atoms with van der Waals surface area (Å²) < 4.78 is 5.47. The molecule has 10 heavy (non-hydrogen) atoms. The van der Waals surface area contributed by atoms with Crippen LogP contribution in [0.15, 0.2) is 0 Å². The smallest absolute Gasteiger partial charge is 0.0579 e. The predicted molar refractivity (Wildman–Crippen MR) is 43.5 cm³/mol. The summed E-state index contributed by atoms with van der Waals surface area (Å²) in [6.45, 7) is 3.13. The second-order valence-electron chi connectivity index (χ2n) is 3.13. The fraction of sp³-hybridized carbons (Fsp3) is 1.00. The molecule has 0 N–H and O–H groups in total. The molecule has 0 aromatic heterocycles. The molecule has 1 aliphatic rings. The zero-order valence-corrected chi connectivity index (χ0v) is 7.23. The standard InChI is InChI=1S/C8H15ClO/c1-7(6-9)5-8-3-2-4-10-8/h7-8H,2-6H2,1H3/t7?,8-/m1/s1. The van der Waals surface area contributed by atoms with E-state index in [2.05, 4.69) is 6.92 Å². The van der Waals surface area contributed by atoms with Gasteiger partial charge in [-0.25, -0.2) is 0 Å². The Kier molecular flexibility index (Phi) is 3.50. The second-order valence-corrected chi connectivity index (χ2v) is 3.44. The van der Waals surface area contributed by atoms with E-state index >= 15 is 0 Å². The summed E-state index contributed by atoms with van der Waals surface area (Å²) in [4.78, 5) is 0. The summed E-state index contributed by atoms with van der Waals surface area (Å²) >= 11 is 5.67. The summed E-state index contributed by atoms with van der Waals surface area (Å²) in [5.74, 6) is 1.38. The van der Waals surface area contributed by atoms with Gasteiger partial charge < -0.3 is 4.74 Å². The van der Waals surface area contributed by atoms with E-state index < -0.39 is 0 Å². The molecule has 0 saturated carbocycles. The normalized spacial score (nSPS) is 28.8. The Morgan fingerprint density at radius 1 is 1.70 bits per heavy atom. The molecule has 1 aliphatic heterocycles. The van der Waals surface area contributed by atoms with Crippen LogP contribution in [0.25, 0.3) is 0 Å². The molecule has 0 bridgehead atoms. The first kappa shape index (κ1) is 8.35. The van der Waals surface area contributed by atoms with Crippen molar-refractivity contribution in [2.75, 3.05) is 12.5 Å². The third kappa shape index (κ3) is 2.47. The average molecular weight is 163 g/mol. The van der Waals surface area contributed by atoms with Gasteiger partial charge in [-0.15, -0.1) is 11.6 Å². The summed E-state index contributed by atoms with van der Waals surface area (Å²) in [6, 6.07) is 0. The van der Waals surface area contributed by atoms with Crippen LogP contribution in [0.1, 0.15) is 26.2 Å². The molecule has 0 aromatic rings. The minimum absolute atomic E-state index is 0.508. The van der Waals surface area contributed by atoms with Crippen LogP contribution >= 0.6 is 11.6 Å². The number of rotatable bonds is 3. The van der Waals surface area contributed by atoms with Crippen LogP contribution in [-0.2, 0) is 4.74 Å². The molecule has 0 spiro atoms. The zero-order chi connectivity index (χ0) is 7.40. The van der Waals surface area contributed by atoms with Crippen molar-refractivity contribution in [1.82, 2.24) is 0 Å². The van der Waals surface area contributed by atoms with Crippen molar-refractivity contribution < 1.29 is 4.74 Å². The molecule has 1 nitrogen and oxygen atoms in total. The first-order valence-corrected chi connectivity index (χ1v) is 4.54. The van der Waals surface area contributed by atoms with Crippen molar-refractivity contribution >= 4 is 11.6 Å². The van der Waals surface area contributed by atoms with E-state index in [9.17, 15) is 0 Å². The fourth-order valence-corrected chi connectivity index (χ4v) is 1.47. The number of ether oxygens (including phenoxy) is 1. The SMILES string of the molecule is CC(CCl)C[C@H]1CCCO1. The molecule has 2 heteroatoms. The maximum Gasteiger partial charge on any atom is 0.0579 e. The van der Waals surface area contributed by atoms with Crippen molar-refractivity contribution in [2.45, 2.75) is 32.3 Å². The maximum absolute atomic E-state index is 5.67. The highest BCUT2D eigenvalue weighted by Crippen LogP contribution is 2.19. The molecular formula is C8H15ClO. The van der Waals surface area contributed by atoms with Crippen molar-refractivity contribution in [3.05, 3.63) is 0 Å². The second kappa shape index (κ2) is 4.20. The molecule has 1 rings (SSSR count). The zero-order valence-electron chi connectivity index (χ0n) is 6.48. The third-order valence-corrected chi connectivity index (χ3v) is 2.48. The maximum atomic E-state index is 5.67. The van der Waals surface area contributed by atoms with Gasteiger partial charge in [0.15, 0.2) is 0 Å². The highest BCUT2D eigenvalue weighted by atomic mass is 35.5. The largest absolute Gasteiger partial charge is 0.378 e. The average Bonchev–Trinajstić information content (AvgIpc) is 2.40. The Hall–Kier alpha value is 0.250. The minimum atomic E-state index is 0.508. The lowest BCUT2D eigenvalue weighted by Crippen LogP contribution is -2.11. The molecule has 0 aliphatic carbocycles. The van der Waals surface area contributed by atoms with Crippen LogP contribution in [0.4, 0.5) is 0 Å². The van der Waals surface area contributed by atoms with E-state index in [1.807, 2.05) is 0 Å². The first-order chi connectivity index (χ1) is 4.83. The van der Waals surface area contributed by atoms with Crippen molar-refractivity contribution in [3.63, 3.8) is 0 Å². The Bertz CT molecular complexity index is 89.3. The van der Waals surface area contributed by atoms with Gasteiger partial charge in [0.05, 0.1) is 6.10 Å². The Morgan fingerprint density at radius 2 is 2.50 bits per heavy atom. The van der Waals surface area contributed by atoms with E-state index in [1.54, 1.807) is 0 Å². The van der Waals surface area contributed by atoms with Gasteiger partial charge >= 0.3 is 0 Å². The van der Waals surface area contributed by atoms with Gasteiger partial charge in [-0.1, -0.05) is 6.92 Å². The lowest BCUT2D eigenvalue weighted by Gasteiger charge is -2.12. The van der Waals surface area contributed by atoms with Crippen molar-refractivity contribution in [1.29, 1.82) is 0 Å². The van der Waals surface area contributed by atoms with E-state index in [0.29, 0.717) is 12.0 Å². The van der Waals surface area contributed by atoms with Gasteiger partial charge in [0.2, 0.25) is 0 Å². The number of hydrogen-bond acceptors (Lipinski definition) is 1. The van der Waals surface area contributed by atoms with Crippen LogP contribution in [0.2, 0.25) is 0 Å². The van der Waals surface area contributed by atoms with Gasteiger partial charge in [-0.2, -0.15) is 0 Å². The predicted octanol–water partition coefficient (Wildman–Crippen LogP) is 2.43. The molecule has 1 fully saturated rings. The Balaban J connectivity index is 2.11. The van der Waals surface area contributed by atoms with Crippen molar-refractivity contribution in [3.8, 4) is 0 Å². The summed E-state index contributed by atoms with van der Waals surface area (Å²) in [5.41, 5.74) is 0. The van der Waals surface area contributed by atoms with Crippen LogP contribution < -0.4 is 0 Å². The monoisotopic (exact) mass is 162 g/mol. The highest BCUT2D eigenvalue weighted by molar-refractivity contribution is 6.18. The Labute approximate surface area is 67.7 Å².